The van der Waals surface area contributed by atoms with Crippen LogP contribution in [0.5, 0.6) is 0 Å². The van der Waals surface area contributed by atoms with E-state index in [1.165, 1.54) is 10.7 Å². The molecule has 6 heteroatoms. The molecule has 0 aliphatic rings. The molecule has 0 aliphatic carbocycles. The average molecular weight is 254 g/mol. The number of esters is 2. The van der Waals surface area contributed by atoms with Crippen molar-refractivity contribution in [3.8, 4) is 0 Å². The first kappa shape index (κ1) is 14.2. The highest BCUT2D eigenvalue weighted by Crippen LogP contribution is 2.13. The lowest BCUT2D eigenvalue weighted by Gasteiger charge is -2.19. The number of ether oxygens (including phenoxy) is 2. The molecule has 0 bridgehead atoms. The molecule has 0 aliphatic heterocycles. The molecule has 0 aromatic carbocycles. The van der Waals surface area contributed by atoms with Crippen LogP contribution in [0.3, 0.4) is 0 Å². The van der Waals surface area contributed by atoms with Gasteiger partial charge in [-0.3, -0.25) is 4.68 Å². The zero-order chi connectivity index (χ0) is 13.9. The molecule has 0 spiro atoms. The molecule has 0 saturated heterocycles. The maximum absolute atomic E-state index is 11.8. The van der Waals surface area contributed by atoms with Crippen LogP contribution in [-0.4, -0.2) is 33.9 Å². The highest BCUT2D eigenvalue weighted by Gasteiger charge is 2.23. The van der Waals surface area contributed by atoms with Crippen molar-refractivity contribution in [2.24, 2.45) is 7.05 Å². The summed E-state index contributed by atoms with van der Waals surface area (Å²) in [6.45, 7) is 7.28. The minimum Gasteiger partial charge on any atom is -0.461 e. The zero-order valence-electron chi connectivity index (χ0n) is 11.3. The predicted octanol–water partition coefficient (Wildman–Crippen LogP) is 1.55. The van der Waals surface area contributed by atoms with Gasteiger partial charge in [-0.2, -0.15) is 5.10 Å². The lowest BCUT2D eigenvalue weighted by atomic mass is 10.2. The fourth-order valence-electron chi connectivity index (χ4n) is 1.29. The van der Waals surface area contributed by atoms with Crippen LogP contribution in [0.15, 0.2) is 6.07 Å². The maximum Gasteiger partial charge on any atom is 0.358 e. The van der Waals surface area contributed by atoms with Gasteiger partial charge >= 0.3 is 11.9 Å². The van der Waals surface area contributed by atoms with E-state index in [9.17, 15) is 9.59 Å². The van der Waals surface area contributed by atoms with Crippen LogP contribution in [0.1, 0.15) is 48.7 Å². The molecule has 1 aromatic heterocycles. The Kier molecular flexibility index (Phi) is 4.11. The number of rotatable bonds is 3. The Bertz CT molecular complexity index is 457. The Morgan fingerprint density at radius 1 is 1.33 bits per heavy atom. The van der Waals surface area contributed by atoms with Crippen molar-refractivity contribution in [1.82, 2.24) is 9.78 Å². The minimum absolute atomic E-state index is 0.0974. The highest BCUT2D eigenvalue weighted by atomic mass is 16.6. The third kappa shape index (κ3) is 3.58. The van der Waals surface area contributed by atoms with Gasteiger partial charge in [0.05, 0.1) is 6.61 Å². The van der Waals surface area contributed by atoms with Gasteiger partial charge in [0, 0.05) is 13.1 Å². The molecular weight excluding hydrogens is 236 g/mol. The Morgan fingerprint density at radius 3 is 2.44 bits per heavy atom. The molecule has 1 aromatic rings. The first-order chi connectivity index (χ1) is 8.24. The normalized spacial score (nSPS) is 11.2. The second kappa shape index (κ2) is 5.20. The molecule has 1 heterocycles. The number of hydrogen-bond acceptors (Lipinski definition) is 5. The van der Waals surface area contributed by atoms with Gasteiger partial charge in [0.15, 0.2) is 5.69 Å². The zero-order valence-corrected chi connectivity index (χ0v) is 11.3. The first-order valence-electron chi connectivity index (χ1n) is 5.69. The third-order valence-electron chi connectivity index (χ3n) is 1.97. The van der Waals surface area contributed by atoms with Gasteiger partial charge in [-0.25, -0.2) is 9.59 Å². The van der Waals surface area contributed by atoms with Crippen molar-refractivity contribution in [3.63, 3.8) is 0 Å². The number of nitrogens with zero attached hydrogens (tertiary/aromatic N) is 2. The van der Waals surface area contributed by atoms with Gasteiger partial charge in [0.25, 0.3) is 0 Å². The second-order valence-corrected chi connectivity index (χ2v) is 4.76. The number of aromatic nitrogens is 2. The highest BCUT2D eigenvalue weighted by molar-refractivity contribution is 5.93. The topological polar surface area (TPSA) is 70.4 Å². The molecule has 0 N–H and O–H groups in total. The first-order valence-corrected chi connectivity index (χ1v) is 5.69. The molecular formula is C12H18N2O4. The van der Waals surface area contributed by atoms with Crippen molar-refractivity contribution in [1.29, 1.82) is 0 Å². The number of aryl methyl sites for hydroxylation is 1. The van der Waals surface area contributed by atoms with Crippen molar-refractivity contribution < 1.29 is 19.1 Å². The van der Waals surface area contributed by atoms with E-state index in [0.717, 1.165) is 0 Å². The van der Waals surface area contributed by atoms with E-state index in [1.807, 2.05) is 0 Å². The van der Waals surface area contributed by atoms with Gasteiger partial charge in [-0.15, -0.1) is 0 Å². The van der Waals surface area contributed by atoms with E-state index in [2.05, 4.69) is 5.10 Å². The van der Waals surface area contributed by atoms with Gasteiger partial charge in [0.2, 0.25) is 0 Å². The van der Waals surface area contributed by atoms with E-state index in [-0.39, 0.29) is 18.0 Å². The summed E-state index contributed by atoms with van der Waals surface area (Å²) in [6.07, 6.45) is 0. The van der Waals surface area contributed by atoms with Crippen LogP contribution in [0.25, 0.3) is 0 Å². The van der Waals surface area contributed by atoms with Gasteiger partial charge in [-0.05, 0) is 27.7 Å². The standard InChI is InChI=1S/C12H18N2O4/c1-6-17-10(15)8-7-9(14(5)13-8)11(16)18-12(2,3)4/h7H,6H2,1-5H3. The van der Waals surface area contributed by atoms with E-state index in [1.54, 1.807) is 34.7 Å². The quantitative estimate of drug-likeness (QED) is 0.765. The van der Waals surface area contributed by atoms with E-state index in [4.69, 9.17) is 9.47 Å². The summed E-state index contributed by atoms with van der Waals surface area (Å²) in [5.74, 6) is -1.07. The predicted molar refractivity (Wildman–Crippen MR) is 64.3 cm³/mol. The van der Waals surface area contributed by atoms with Crippen molar-refractivity contribution in [2.45, 2.75) is 33.3 Å². The fourth-order valence-corrected chi connectivity index (χ4v) is 1.29. The van der Waals surface area contributed by atoms with Crippen molar-refractivity contribution in [3.05, 3.63) is 17.5 Å². The van der Waals surface area contributed by atoms with E-state index >= 15 is 0 Å². The summed E-state index contributed by atoms with van der Waals surface area (Å²) in [7, 11) is 1.57. The van der Waals surface area contributed by atoms with Gasteiger partial charge in [0.1, 0.15) is 11.3 Å². The van der Waals surface area contributed by atoms with Crippen LogP contribution < -0.4 is 0 Å². The van der Waals surface area contributed by atoms with Crippen molar-refractivity contribution in [2.75, 3.05) is 6.61 Å². The fraction of sp³-hybridized carbons (Fsp3) is 0.583. The molecule has 100 valence electrons. The molecule has 1 rings (SSSR count). The van der Waals surface area contributed by atoms with Crippen LogP contribution >= 0.6 is 0 Å². The molecule has 0 amide bonds. The molecule has 0 atom stereocenters. The molecule has 6 nitrogen and oxygen atoms in total. The Labute approximate surface area is 106 Å². The molecule has 0 radical (unpaired) electrons. The lowest BCUT2D eigenvalue weighted by molar-refractivity contribution is 0.00574. The monoisotopic (exact) mass is 254 g/mol. The van der Waals surface area contributed by atoms with Crippen LogP contribution in [0, 0.1) is 0 Å². The number of hydrogen-bond donors (Lipinski definition) is 0. The summed E-state index contributed by atoms with van der Waals surface area (Å²) in [4.78, 5) is 23.3. The molecule has 0 saturated carbocycles. The summed E-state index contributed by atoms with van der Waals surface area (Å²) >= 11 is 0. The Hall–Kier alpha value is -1.85. The summed E-state index contributed by atoms with van der Waals surface area (Å²) in [5.41, 5.74) is -0.279. The van der Waals surface area contributed by atoms with Crippen molar-refractivity contribution >= 4 is 11.9 Å². The molecule has 0 fully saturated rings. The second-order valence-electron chi connectivity index (χ2n) is 4.76. The average Bonchev–Trinajstić information content (AvgIpc) is 2.58. The Morgan fingerprint density at radius 2 is 1.94 bits per heavy atom. The van der Waals surface area contributed by atoms with Crippen LogP contribution in [-0.2, 0) is 16.5 Å². The van der Waals surface area contributed by atoms with Gasteiger partial charge < -0.3 is 9.47 Å². The molecule has 0 unspecified atom stereocenters. The summed E-state index contributed by atoms with van der Waals surface area (Å²) < 4.78 is 11.3. The lowest BCUT2D eigenvalue weighted by Crippen LogP contribution is -2.25. The minimum atomic E-state index is -0.592. The van der Waals surface area contributed by atoms with E-state index in [0.29, 0.717) is 0 Å². The number of carbonyl (C=O) groups is 2. The van der Waals surface area contributed by atoms with Gasteiger partial charge in [-0.1, -0.05) is 0 Å². The SMILES string of the molecule is CCOC(=O)c1cc(C(=O)OC(C)(C)C)n(C)n1. The van der Waals surface area contributed by atoms with E-state index < -0.39 is 17.5 Å². The summed E-state index contributed by atoms with van der Waals surface area (Å²) in [6, 6.07) is 1.37. The van der Waals surface area contributed by atoms with Crippen LogP contribution in [0.4, 0.5) is 0 Å². The summed E-state index contributed by atoms with van der Waals surface area (Å²) in [5, 5.41) is 3.92. The number of carbonyl (C=O) groups excluding carboxylic acids is 2. The largest absolute Gasteiger partial charge is 0.461 e. The molecule has 18 heavy (non-hydrogen) atoms. The van der Waals surface area contributed by atoms with Crippen LogP contribution in [0.2, 0.25) is 0 Å². The maximum atomic E-state index is 11.8. The Balaban J connectivity index is 2.91. The third-order valence-corrected chi connectivity index (χ3v) is 1.97. The smallest absolute Gasteiger partial charge is 0.358 e.